The molecule has 0 bridgehead atoms. The zero-order chi connectivity index (χ0) is 10.6. The monoisotopic (exact) mass is 196 g/mol. The molecule has 2 atom stereocenters. The molecule has 0 fully saturated rings. The van der Waals surface area contributed by atoms with Crippen molar-refractivity contribution in [1.29, 1.82) is 0 Å². The van der Waals surface area contributed by atoms with Crippen molar-refractivity contribution in [2.24, 2.45) is 9.98 Å². The molecular weight excluding hydrogens is 176 g/mol. The highest BCUT2D eigenvalue weighted by molar-refractivity contribution is 6.05. The van der Waals surface area contributed by atoms with Gasteiger partial charge < -0.3 is 5.11 Å². The second-order valence-corrected chi connectivity index (χ2v) is 3.89. The zero-order valence-corrected chi connectivity index (χ0v) is 9.32. The predicted molar refractivity (Wildman–Crippen MR) is 60.2 cm³/mol. The summed E-state index contributed by atoms with van der Waals surface area (Å²) in [5.74, 6) is 0. The topological polar surface area (TPSA) is 45.0 Å². The van der Waals surface area contributed by atoms with E-state index in [9.17, 15) is 5.11 Å². The molecule has 14 heavy (non-hydrogen) atoms. The molecule has 1 heterocycles. The lowest BCUT2D eigenvalue weighted by molar-refractivity contribution is 0.179. The van der Waals surface area contributed by atoms with Gasteiger partial charge in [-0.1, -0.05) is 20.3 Å². The molecule has 0 aromatic carbocycles. The van der Waals surface area contributed by atoms with Crippen LogP contribution in [0.4, 0.5) is 0 Å². The van der Waals surface area contributed by atoms with E-state index in [1.165, 1.54) is 6.42 Å². The number of aliphatic hydroxyl groups is 1. The molecule has 0 saturated carbocycles. The van der Waals surface area contributed by atoms with Crippen LogP contribution in [0.25, 0.3) is 0 Å². The van der Waals surface area contributed by atoms with Gasteiger partial charge in [-0.15, -0.1) is 0 Å². The first-order valence-electron chi connectivity index (χ1n) is 5.44. The van der Waals surface area contributed by atoms with Gasteiger partial charge in [0, 0.05) is 11.9 Å². The molecule has 0 radical (unpaired) electrons. The van der Waals surface area contributed by atoms with Crippen molar-refractivity contribution in [2.45, 2.75) is 58.2 Å². The van der Waals surface area contributed by atoms with Gasteiger partial charge >= 0.3 is 0 Å². The first-order valence-corrected chi connectivity index (χ1v) is 5.44. The Morgan fingerprint density at radius 3 is 2.71 bits per heavy atom. The van der Waals surface area contributed by atoms with Crippen LogP contribution in [0.2, 0.25) is 0 Å². The Balaban J connectivity index is 2.61. The lowest BCUT2D eigenvalue weighted by atomic mass is 9.95. The molecule has 0 aliphatic carbocycles. The first-order chi connectivity index (χ1) is 6.62. The van der Waals surface area contributed by atoms with Crippen LogP contribution in [0.15, 0.2) is 9.98 Å². The van der Waals surface area contributed by atoms with Crippen LogP contribution in [0.5, 0.6) is 0 Å². The minimum atomic E-state index is -0.886. The van der Waals surface area contributed by atoms with E-state index in [-0.39, 0.29) is 6.17 Å². The van der Waals surface area contributed by atoms with E-state index in [4.69, 9.17) is 0 Å². The molecule has 0 aromatic rings. The average molecular weight is 196 g/mol. The minimum absolute atomic E-state index is 0.0433. The Labute approximate surface area is 86.0 Å². The van der Waals surface area contributed by atoms with Gasteiger partial charge in [0.15, 0.2) is 0 Å². The quantitative estimate of drug-likeness (QED) is 0.736. The van der Waals surface area contributed by atoms with E-state index in [0.29, 0.717) is 6.42 Å². The SMILES string of the molecule is CCCCC1N=CC(O)(CC)C(C)=N1. The van der Waals surface area contributed by atoms with Gasteiger partial charge in [0.25, 0.3) is 0 Å². The molecule has 80 valence electrons. The van der Waals surface area contributed by atoms with Crippen molar-refractivity contribution >= 4 is 11.9 Å². The normalized spacial score (nSPS) is 31.7. The summed E-state index contributed by atoms with van der Waals surface area (Å²) in [6.07, 6.45) is 5.65. The molecule has 0 spiro atoms. The van der Waals surface area contributed by atoms with Crippen LogP contribution in [0, 0.1) is 0 Å². The van der Waals surface area contributed by atoms with Crippen molar-refractivity contribution < 1.29 is 5.11 Å². The molecule has 0 aromatic heterocycles. The molecule has 1 aliphatic rings. The third-order valence-electron chi connectivity index (χ3n) is 2.78. The van der Waals surface area contributed by atoms with Gasteiger partial charge in [-0.05, 0) is 26.2 Å². The Morgan fingerprint density at radius 2 is 2.21 bits per heavy atom. The molecule has 3 nitrogen and oxygen atoms in total. The van der Waals surface area contributed by atoms with Crippen LogP contribution < -0.4 is 0 Å². The average Bonchev–Trinajstić information content (AvgIpc) is 2.20. The minimum Gasteiger partial charge on any atom is -0.378 e. The Kier molecular flexibility index (Phi) is 3.81. The van der Waals surface area contributed by atoms with E-state index in [1.807, 2.05) is 13.8 Å². The van der Waals surface area contributed by atoms with Crippen LogP contribution in [-0.2, 0) is 0 Å². The molecular formula is C11H20N2O. The summed E-state index contributed by atoms with van der Waals surface area (Å²) < 4.78 is 0. The number of unbranched alkanes of at least 4 members (excludes halogenated alkanes) is 1. The number of aliphatic imine (C=N–C) groups is 2. The van der Waals surface area contributed by atoms with Crippen LogP contribution in [-0.4, -0.2) is 28.8 Å². The van der Waals surface area contributed by atoms with E-state index < -0.39 is 5.60 Å². The summed E-state index contributed by atoms with van der Waals surface area (Å²) in [6.45, 7) is 5.98. The number of rotatable bonds is 4. The fraction of sp³-hybridized carbons (Fsp3) is 0.818. The van der Waals surface area contributed by atoms with Crippen molar-refractivity contribution in [2.75, 3.05) is 0 Å². The fourth-order valence-corrected chi connectivity index (χ4v) is 1.54. The van der Waals surface area contributed by atoms with Crippen molar-refractivity contribution in [1.82, 2.24) is 0 Å². The second-order valence-electron chi connectivity index (χ2n) is 3.89. The molecule has 3 heteroatoms. The molecule has 1 aliphatic heterocycles. The molecule has 1 rings (SSSR count). The third kappa shape index (κ3) is 2.41. The van der Waals surface area contributed by atoms with Crippen molar-refractivity contribution in [3.63, 3.8) is 0 Å². The highest BCUT2D eigenvalue weighted by Crippen LogP contribution is 2.18. The highest BCUT2D eigenvalue weighted by Gasteiger charge is 2.29. The molecule has 2 unspecified atom stereocenters. The Hall–Kier alpha value is -0.700. The zero-order valence-electron chi connectivity index (χ0n) is 9.32. The number of hydrogen-bond acceptors (Lipinski definition) is 3. The molecule has 1 N–H and O–H groups in total. The number of hydrogen-bond donors (Lipinski definition) is 1. The summed E-state index contributed by atoms with van der Waals surface area (Å²) >= 11 is 0. The largest absolute Gasteiger partial charge is 0.378 e. The number of nitrogens with zero attached hydrogens (tertiary/aromatic N) is 2. The summed E-state index contributed by atoms with van der Waals surface area (Å²) in [5, 5.41) is 10.0. The van der Waals surface area contributed by atoms with E-state index >= 15 is 0 Å². The highest BCUT2D eigenvalue weighted by atomic mass is 16.3. The fourth-order valence-electron chi connectivity index (χ4n) is 1.54. The molecule has 0 saturated heterocycles. The van der Waals surface area contributed by atoms with Crippen molar-refractivity contribution in [3.05, 3.63) is 0 Å². The van der Waals surface area contributed by atoms with Gasteiger partial charge in [0.05, 0.1) is 0 Å². The third-order valence-corrected chi connectivity index (χ3v) is 2.78. The maximum atomic E-state index is 10.0. The van der Waals surface area contributed by atoms with Crippen molar-refractivity contribution in [3.8, 4) is 0 Å². The standard InChI is InChI=1S/C11H20N2O/c1-4-6-7-10-12-8-11(14,5-2)9(3)13-10/h8,10,14H,4-7H2,1-3H3. The summed E-state index contributed by atoms with van der Waals surface area (Å²) in [5.41, 5.74) is -0.0842. The summed E-state index contributed by atoms with van der Waals surface area (Å²) in [7, 11) is 0. The van der Waals surface area contributed by atoms with E-state index in [2.05, 4.69) is 16.9 Å². The maximum absolute atomic E-state index is 10.0. The lowest BCUT2D eigenvalue weighted by Crippen LogP contribution is -2.41. The smallest absolute Gasteiger partial charge is 0.139 e. The van der Waals surface area contributed by atoms with E-state index in [0.717, 1.165) is 18.6 Å². The van der Waals surface area contributed by atoms with Gasteiger partial charge in [0.2, 0.25) is 0 Å². The van der Waals surface area contributed by atoms with Crippen LogP contribution in [0.3, 0.4) is 0 Å². The van der Waals surface area contributed by atoms with Crippen LogP contribution >= 0.6 is 0 Å². The maximum Gasteiger partial charge on any atom is 0.139 e. The lowest BCUT2D eigenvalue weighted by Gasteiger charge is -2.27. The van der Waals surface area contributed by atoms with Gasteiger partial charge in [0.1, 0.15) is 11.8 Å². The first kappa shape index (κ1) is 11.4. The van der Waals surface area contributed by atoms with Gasteiger partial charge in [-0.3, -0.25) is 9.98 Å². The second kappa shape index (κ2) is 4.69. The predicted octanol–water partition coefficient (Wildman–Crippen LogP) is 2.19. The Morgan fingerprint density at radius 1 is 1.50 bits per heavy atom. The molecule has 0 amide bonds. The van der Waals surface area contributed by atoms with Crippen LogP contribution in [0.1, 0.15) is 46.5 Å². The van der Waals surface area contributed by atoms with Gasteiger partial charge in [-0.25, -0.2) is 0 Å². The Bertz CT molecular complexity index is 248. The summed E-state index contributed by atoms with van der Waals surface area (Å²) in [4.78, 5) is 8.69. The van der Waals surface area contributed by atoms with E-state index in [1.54, 1.807) is 6.21 Å². The van der Waals surface area contributed by atoms with Gasteiger partial charge in [-0.2, -0.15) is 0 Å². The summed E-state index contributed by atoms with van der Waals surface area (Å²) in [6, 6.07) is 0.